The molecule has 5 heteroatoms. The molecule has 0 bridgehead atoms. The van der Waals surface area contributed by atoms with Gasteiger partial charge in [-0.05, 0) is 68.4 Å². The first kappa shape index (κ1) is 17.4. The van der Waals surface area contributed by atoms with Gasteiger partial charge >= 0.3 is 0 Å². The molecule has 132 valence electrons. The summed E-state index contributed by atoms with van der Waals surface area (Å²) in [4.78, 5) is 14.9. The van der Waals surface area contributed by atoms with Gasteiger partial charge in [0.05, 0.1) is 6.04 Å². The van der Waals surface area contributed by atoms with Gasteiger partial charge in [-0.1, -0.05) is 19.1 Å². The molecular weight excluding hydrogens is 305 g/mol. The zero-order chi connectivity index (χ0) is 17.0. The lowest BCUT2D eigenvalue weighted by atomic mass is 9.81. The fourth-order valence-corrected chi connectivity index (χ4v) is 3.76. The predicted molar refractivity (Wildman–Crippen MR) is 93.1 cm³/mol. The molecule has 1 aromatic rings. The zero-order valence-corrected chi connectivity index (χ0v) is 14.5. The number of likely N-dealkylation sites (tertiary alicyclic amines) is 1. The zero-order valence-electron chi connectivity index (χ0n) is 14.5. The van der Waals surface area contributed by atoms with Crippen LogP contribution in [0.5, 0.6) is 0 Å². The Labute approximate surface area is 143 Å². The van der Waals surface area contributed by atoms with E-state index in [1.807, 2.05) is 0 Å². The number of hydrogen-bond donors (Lipinski definition) is 2. The fourth-order valence-electron chi connectivity index (χ4n) is 3.76. The minimum Gasteiger partial charge on any atom is -0.354 e. The largest absolute Gasteiger partial charge is 0.354 e. The molecule has 0 aromatic heterocycles. The van der Waals surface area contributed by atoms with Gasteiger partial charge in [0.1, 0.15) is 5.82 Å². The quantitative estimate of drug-likeness (QED) is 0.869. The number of amides is 1. The third-order valence-corrected chi connectivity index (χ3v) is 5.47. The van der Waals surface area contributed by atoms with Gasteiger partial charge in [0, 0.05) is 13.1 Å². The summed E-state index contributed by atoms with van der Waals surface area (Å²) in [7, 11) is 0. The van der Waals surface area contributed by atoms with Gasteiger partial charge in [0.2, 0.25) is 5.91 Å². The molecule has 2 N–H and O–H groups in total. The lowest BCUT2D eigenvalue weighted by Gasteiger charge is -2.35. The van der Waals surface area contributed by atoms with E-state index in [0.717, 1.165) is 57.4 Å². The van der Waals surface area contributed by atoms with Crippen molar-refractivity contribution in [2.45, 2.75) is 45.2 Å². The van der Waals surface area contributed by atoms with Crippen molar-refractivity contribution in [1.82, 2.24) is 15.5 Å². The number of carbonyl (C=O) groups excluding carboxylic acids is 1. The Kier molecular flexibility index (Phi) is 5.51. The second-order valence-corrected chi connectivity index (χ2v) is 7.53. The Morgan fingerprint density at radius 2 is 2.04 bits per heavy atom. The second-order valence-electron chi connectivity index (χ2n) is 7.53. The van der Waals surface area contributed by atoms with Crippen molar-refractivity contribution >= 4 is 5.91 Å². The van der Waals surface area contributed by atoms with Gasteiger partial charge in [0.15, 0.2) is 0 Å². The number of benzene rings is 1. The summed E-state index contributed by atoms with van der Waals surface area (Å²) in [6.07, 6.45) is 4.17. The number of halogens is 1. The Hall–Kier alpha value is -1.46. The van der Waals surface area contributed by atoms with E-state index in [4.69, 9.17) is 0 Å². The van der Waals surface area contributed by atoms with E-state index in [2.05, 4.69) is 22.5 Å². The summed E-state index contributed by atoms with van der Waals surface area (Å²) in [6, 6.07) is 6.52. The minimum absolute atomic E-state index is 0.0552. The van der Waals surface area contributed by atoms with Gasteiger partial charge in [-0.3, -0.25) is 9.69 Å². The molecule has 24 heavy (non-hydrogen) atoms. The first-order valence-corrected chi connectivity index (χ1v) is 9.03. The van der Waals surface area contributed by atoms with Crippen molar-refractivity contribution in [3.8, 4) is 0 Å². The fraction of sp³-hybridized carbons (Fsp3) is 0.632. The molecular formula is C19H28FN3O. The number of rotatable bonds is 5. The first-order valence-electron chi connectivity index (χ1n) is 9.03. The average molecular weight is 333 g/mol. The van der Waals surface area contributed by atoms with E-state index in [0.29, 0.717) is 6.54 Å². The highest BCUT2D eigenvalue weighted by Crippen LogP contribution is 2.27. The normalized spacial score (nSPS) is 24.0. The smallest absolute Gasteiger partial charge is 0.237 e. The molecule has 1 amide bonds. The van der Waals surface area contributed by atoms with Crippen LogP contribution in [0.2, 0.25) is 0 Å². The maximum atomic E-state index is 13.0. The van der Waals surface area contributed by atoms with E-state index < -0.39 is 0 Å². The number of nitrogens with zero attached hydrogens (tertiary/aromatic N) is 1. The minimum atomic E-state index is -0.218. The van der Waals surface area contributed by atoms with Crippen molar-refractivity contribution in [3.63, 3.8) is 0 Å². The number of carbonyl (C=O) groups is 1. The topological polar surface area (TPSA) is 44.4 Å². The Morgan fingerprint density at radius 3 is 2.75 bits per heavy atom. The third kappa shape index (κ3) is 4.33. The lowest BCUT2D eigenvalue weighted by molar-refractivity contribution is -0.126. The summed E-state index contributed by atoms with van der Waals surface area (Å²) in [5, 5.41) is 6.56. The lowest BCUT2D eigenvalue weighted by Crippen LogP contribution is -2.48. The highest BCUT2D eigenvalue weighted by molar-refractivity contribution is 5.82. The van der Waals surface area contributed by atoms with E-state index >= 15 is 0 Å². The van der Waals surface area contributed by atoms with Crippen molar-refractivity contribution in [2.24, 2.45) is 5.41 Å². The summed E-state index contributed by atoms with van der Waals surface area (Å²) in [6.45, 7) is 6.72. The van der Waals surface area contributed by atoms with Crippen molar-refractivity contribution in [3.05, 3.63) is 35.6 Å². The summed E-state index contributed by atoms with van der Waals surface area (Å²) in [5.41, 5.74) is 1.27. The maximum absolute atomic E-state index is 13.0. The third-order valence-electron chi connectivity index (χ3n) is 5.47. The van der Waals surface area contributed by atoms with Crippen LogP contribution in [0.3, 0.4) is 0 Å². The number of hydrogen-bond acceptors (Lipinski definition) is 3. The summed E-state index contributed by atoms with van der Waals surface area (Å²) < 4.78 is 13.0. The maximum Gasteiger partial charge on any atom is 0.237 e. The van der Waals surface area contributed by atoms with E-state index in [-0.39, 0.29) is 23.2 Å². The monoisotopic (exact) mass is 333 g/mol. The second kappa shape index (κ2) is 7.62. The molecule has 0 saturated carbocycles. The Bertz CT molecular complexity index is 554. The van der Waals surface area contributed by atoms with Crippen LogP contribution >= 0.6 is 0 Å². The molecule has 1 unspecified atom stereocenters. The highest BCUT2D eigenvalue weighted by Gasteiger charge is 2.33. The van der Waals surface area contributed by atoms with Crippen molar-refractivity contribution < 1.29 is 9.18 Å². The molecule has 2 fully saturated rings. The van der Waals surface area contributed by atoms with Crippen LogP contribution in [0.1, 0.15) is 38.2 Å². The molecule has 2 saturated heterocycles. The molecule has 0 aliphatic carbocycles. The molecule has 2 aliphatic heterocycles. The van der Waals surface area contributed by atoms with Crippen LogP contribution in [-0.2, 0) is 11.3 Å². The predicted octanol–water partition coefficient (Wildman–Crippen LogP) is 2.30. The molecule has 1 atom stereocenters. The molecule has 2 heterocycles. The van der Waals surface area contributed by atoms with Crippen LogP contribution in [-0.4, -0.2) is 43.0 Å². The average Bonchev–Trinajstić information content (AvgIpc) is 3.04. The van der Waals surface area contributed by atoms with Crippen LogP contribution in [0.25, 0.3) is 0 Å². The van der Waals surface area contributed by atoms with Crippen molar-refractivity contribution in [2.75, 3.05) is 26.2 Å². The number of piperidine rings is 1. The van der Waals surface area contributed by atoms with Crippen LogP contribution in [0.15, 0.2) is 24.3 Å². The van der Waals surface area contributed by atoms with Gasteiger partial charge in [0.25, 0.3) is 0 Å². The first-order chi connectivity index (χ1) is 11.6. The molecule has 0 spiro atoms. The molecule has 4 nitrogen and oxygen atoms in total. The van der Waals surface area contributed by atoms with Crippen LogP contribution in [0.4, 0.5) is 4.39 Å². The summed E-state index contributed by atoms with van der Waals surface area (Å²) in [5.74, 6) is -0.0703. The molecule has 0 radical (unpaired) electrons. The van der Waals surface area contributed by atoms with Crippen molar-refractivity contribution in [1.29, 1.82) is 0 Å². The van der Waals surface area contributed by atoms with Crippen LogP contribution in [0, 0.1) is 11.2 Å². The van der Waals surface area contributed by atoms with Gasteiger partial charge in [-0.15, -0.1) is 0 Å². The van der Waals surface area contributed by atoms with Gasteiger partial charge in [-0.2, -0.15) is 0 Å². The highest BCUT2D eigenvalue weighted by atomic mass is 19.1. The van der Waals surface area contributed by atoms with Gasteiger partial charge in [-0.25, -0.2) is 4.39 Å². The molecule has 2 aliphatic rings. The Morgan fingerprint density at radius 1 is 1.33 bits per heavy atom. The standard InChI is InChI=1S/C19H28FN3O/c1-19(8-10-21-11-9-19)14-22-18(24)17-3-2-12-23(17)13-15-4-6-16(20)7-5-15/h4-7,17,21H,2-3,8-14H2,1H3,(H,22,24). The van der Waals surface area contributed by atoms with Crippen LogP contribution < -0.4 is 10.6 Å². The van der Waals surface area contributed by atoms with E-state index in [9.17, 15) is 9.18 Å². The van der Waals surface area contributed by atoms with E-state index in [1.165, 1.54) is 12.1 Å². The number of nitrogens with one attached hydrogen (secondary N) is 2. The SMILES string of the molecule is CC1(CNC(=O)C2CCCN2Cc2ccc(F)cc2)CCNCC1. The van der Waals surface area contributed by atoms with Gasteiger partial charge < -0.3 is 10.6 Å². The summed E-state index contributed by atoms with van der Waals surface area (Å²) >= 11 is 0. The molecule has 3 rings (SSSR count). The molecule has 1 aromatic carbocycles. The van der Waals surface area contributed by atoms with E-state index in [1.54, 1.807) is 12.1 Å². The Balaban J connectivity index is 1.54.